The number of nitrogens with one attached hydrogen (secondary N) is 1. The summed E-state index contributed by atoms with van der Waals surface area (Å²) >= 11 is 1.46. The van der Waals surface area contributed by atoms with Crippen LogP contribution in [0.1, 0.15) is 75.8 Å². The SMILES string of the molecule is CCCCC[C@H](O)/C=C/[C@@H]1C(SCCCCCC(=O)O)=C(OC(=O)[C@H](Cc2ccccc2)NC(=O)OCc2ccccc2)C[C@H]1O. The van der Waals surface area contributed by atoms with Gasteiger partial charge in [0.25, 0.3) is 0 Å². The number of alkyl carbamates (subject to hydrolysis) is 1. The highest BCUT2D eigenvalue weighted by Gasteiger charge is 2.36. The Morgan fingerprint density at radius 2 is 1.67 bits per heavy atom. The van der Waals surface area contributed by atoms with Crippen LogP contribution >= 0.6 is 11.8 Å². The summed E-state index contributed by atoms with van der Waals surface area (Å²) in [5.41, 5.74) is 1.63. The number of ether oxygens (including phenoxy) is 2. The lowest BCUT2D eigenvalue weighted by Crippen LogP contribution is -2.43. The molecule has 2 aromatic carbocycles. The Morgan fingerprint density at radius 3 is 2.35 bits per heavy atom. The molecule has 4 atom stereocenters. The van der Waals surface area contributed by atoms with E-state index in [0.29, 0.717) is 29.3 Å². The first-order valence-corrected chi connectivity index (χ1v) is 17.1. The number of hydrogen-bond acceptors (Lipinski definition) is 8. The van der Waals surface area contributed by atoms with Gasteiger partial charge < -0.3 is 30.1 Å². The molecule has 9 nitrogen and oxygen atoms in total. The minimum Gasteiger partial charge on any atom is -0.481 e. The third-order valence-electron chi connectivity index (χ3n) is 7.62. The van der Waals surface area contributed by atoms with E-state index in [-0.39, 0.29) is 25.9 Å². The number of benzene rings is 2. The van der Waals surface area contributed by atoms with Crippen molar-refractivity contribution < 1.29 is 39.2 Å². The van der Waals surface area contributed by atoms with Gasteiger partial charge in [0, 0.05) is 30.1 Å². The predicted molar refractivity (Wildman–Crippen MR) is 179 cm³/mol. The average molecular weight is 654 g/mol. The topological polar surface area (TPSA) is 142 Å². The van der Waals surface area contributed by atoms with Gasteiger partial charge in [0.2, 0.25) is 0 Å². The van der Waals surface area contributed by atoms with Crippen LogP contribution in [-0.4, -0.2) is 57.4 Å². The zero-order valence-electron chi connectivity index (χ0n) is 26.5. The Hall–Kier alpha value is -3.60. The molecule has 0 heterocycles. The van der Waals surface area contributed by atoms with Gasteiger partial charge in [-0.3, -0.25) is 4.79 Å². The molecule has 4 N–H and O–H groups in total. The second-order valence-electron chi connectivity index (χ2n) is 11.5. The Kier molecular flexibility index (Phi) is 16.4. The highest BCUT2D eigenvalue weighted by Crippen LogP contribution is 2.41. The van der Waals surface area contributed by atoms with Crippen molar-refractivity contribution in [3.05, 3.63) is 94.6 Å². The van der Waals surface area contributed by atoms with Crippen LogP contribution in [0.2, 0.25) is 0 Å². The molecule has 0 aliphatic heterocycles. The summed E-state index contributed by atoms with van der Waals surface area (Å²) in [6.45, 7) is 2.15. The summed E-state index contributed by atoms with van der Waals surface area (Å²) in [6.07, 6.45) is 7.27. The molecule has 0 fully saturated rings. The van der Waals surface area contributed by atoms with E-state index >= 15 is 0 Å². The number of esters is 1. The van der Waals surface area contributed by atoms with Crippen LogP contribution in [0.4, 0.5) is 4.79 Å². The Labute approximate surface area is 276 Å². The molecule has 0 bridgehead atoms. The number of carbonyl (C=O) groups is 3. The molecule has 0 unspecified atom stereocenters. The van der Waals surface area contributed by atoms with Gasteiger partial charge in [-0.05, 0) is 36.1 Å². The molecule has 1 aliphatic carbocycles. The number of carboxylic acids is 1. The smallest absolute Gasteiger partial charge is 0.408 e. The van der Waals surface area contributed by atoms with Crippen molar-refractivity contribution in [3.63, 3.8) is 0 Å². The van der Waals surface area contributed by atoms with Gasteiger partial charge in [-0.2, -0.15) is 0 Å². The number of carboxylic acid groups (broad SMARTS) is 1. The standard InChI is InChI=1S/C36H47NO8S/c1-2-3-7-18-28(38)20-21-29-31(39)24-32(34(29)46-22-13-6-12-19-33(40)41)45-35(42)30(23-26-14-8-4-9-15-26)37-36(43)44-25-27-16-10-5-11-17-27/h4-5,8-11,14-17,20-21,28-31,38-39H,2-3,6-7,12-13,18-19,22-25H2,1H3,(H,37,43)(H,40,41)/b21-20+/t28-,29-,30-,31+/m0/s1. The molecule has 0 saturated heterocycles. The second-order valence-corrected chi connectivity index (χ2v) is 12.6. The van der Waals surface area contributed by atoms with Crippen LogP contribution in [0, 0.1) is 5.92 Å². The molecule has 250 valence electrons. The van der Waals surface area contributed by atoms with Crippen molar-refractivity contribution in [2.45, 2.75) is 96.0 Å². The number of unbranched alkanes of at least 4 members (excludes halogenated alkanes) is 4. The van der Waals surface area contributed by atoms with Crippen molar-refractivity contribution in [1.29, 1.82) is 0 Å². The van der Waals surface area contributed by atoms with Crippen LogP contribution in [0.5, 0.6) is 0 Å². The monoisotopic (exact) mass is 653 g/mol. The molecule has 0 saturated carbocycles. The summed E-state index contributed by atoms with van der Waals surface area (Å²) in [6, 6.07) is 17.4. The van der Waals surface area contributed by atoms with Crippen molar-refractivity contribution in [1.82, 2.24) is 5.32 Å². The third kappa shape index (κ3) is 13.4. The third-order valence-corrected chi connectivity index (χ3v) is 8.92. The van der Waals surface area contributed by atoms with Gasteiger partial charge in [0.05, 0.1) is 12.2 Å². The lowest BCUT2D eigenvalue weighted by molar-refractivity contribution is -0.142. The van der Waals surface area contributed by atoms with Crippen molar-refractivity contribution >= 4 is 29.8 Å². The molecule has 0 radical (unpaired) electrons. The average Bonchev–Trinajstić information content (AvgIpc) is 3.34. The van der Waals surface area contributed by atoms with Crippen LogP contribution in [-0.2, 0) is 32.1 Å². The number of rotatable bonds is 20. The summed E-state index contributed by atoms with van der Waals surface area (Å²) in [5.74, 6) is -0.992. The zero-order chi connectivity index (χ0) is 33.1. The van der Waals surface area contributed by atoms with Crippen LogP contribution in [0.3, 0.4) is 0 Å². The number of carbonyl (C=O) groups excluding carboxylic acids is 2. The molecular formula is C36H47NO8S. The number of amides is 1. The quantitative estimate of drug-likeness (QED) is 0.0712. The first kappa shape index (κ1) is 36.9. The second kappa shape index (κ2) is 20.5. The Morgan fingerprint density at radius 1 is 0.978 bits per heavy atom. The fourth-order valence-corrected chi connectivity index (χ4v) is 6.37. The highest BCUT2D eigenvalue weighted by atomic mass is 32.2. The van der Waals surface area contributed by atoms with Gasteiger partial charge in [-0.15, -0.1) is 11.8 Å². The van der Waals surface area contributed by atoms with E-state index in [1.807, 2.05) is 60.7 Å². The van der Waals surface area contributed by atoms with E-state index in [4.69, 9.17) is 14.6 Å². The minimum atomic E-state index is -1.05. The van der Waals surface area contributed by atoms with Crippen molar-refractivity contribution in [2.24, 2.45) is 5.92 Å². The van der Waals surface area contributed by atoms with Gasteiger partial charge in [-0.1, -0.05) is 105 Å². The lowest BCUT2D eigenvalue weighted by Gasteiger charge is -2.19. The maximum atomic E-state index is 13.6. The first-order valence-electron chi connectivity index (χ1n) is 16.1. The molecule has 3 rings (SSSR count). The maximum Gasteiger partial charge on any atom is 0.408 e. The van der Waals surface area contributed by atoms with Crippen LogP contribution in [0.25, 0.3) is 0 Å². The molecule has 10 heteroatoms. The molecule has 1 amide bonds. The van der Waals surface area contributed by atoms with E-state index in [1.165, 1.54) is 11.8 Å². The largest absolute Gasteiger partial charge is 0.481 e. The minimum absolute atomic E-state index is 0.0443. The van der Waals surface area contributed by atoms with E-state index in [1.54, 1.807) is 12.2 Å². The number of aliphatic carboxylic acids is 1. The van der Waals surface area contributed by atoms with Gasteiger partial charge in [-0.25, -0.2) is 9.59 Å². The maximum absolute atomic E-state index is 13.6. The number of thioether (sulfide) groups is 1. The van der Waals surface area contributed by atoms with Gasteiger partial charge in [0.15, 0.2) is 0 Å². The molecule has 46 heavy (non-hydrogen) atoms. The predicted octanol–water partition coefficient (Wildman–Crippen LogP) is 6.54. The molecular weight excluding hydrogens is 606 g/mol. The number of hydrogen-bond donors (Lipinski definition) is 4. The van der Waals surface area contributed by atoms with E-state index in [2.05, 4.69) is 12.2 Å². The van der Waals surface area contributed by atoms with Crippen LogP contribution in [0.15, 0.2) is 83.5 Å². The lowest BCUT2D eigenvalue weighted by atomic mass is 10.0. The normalized spacial score (nSPS) is 17.5. The Bertz CT molecular complexity index is 1280. The van der Waals surface area contributed by atoms with Gasteiger partial charge in [0.1, 0.15) is 18.4 Å². The van der Waals surface area contributed by atoms with E-state index < -0.39 is 42.2 Å². The molecule has 1 aliphatic rings. The fraction of sp³-hybridized carbons (Fsp3) is 0.472. The van der Waals surface area contributed by atoms with E-state index in [9.17, 15) is 24.6 Å². The fourth-order valence-electron chi connectivity index (χ4n) is 5.09. The number of aliphatic hydroxyl groups excluding tert-OH is 2. The summed E-state index contributed by atoms with van der Waals surface area (Å²) < 4.78 is 11.3. The van der Waals surface area contributed by atoms with Gasteiger partial charge >= 0.3 is 18.0 Å². The van der Waals surface area contributed by atoms with Crippen molar-refractivity contribution in [3.8, 4) is 0 Å². The summed E-state index contributed by atoms with van der Waals surface area (Å²) in [5, 5.41) is 33.1. The first-order chi connectivity index (χ1) is 22.3. The molecule has 0 aromatic heterocycles. The highest BCUT2D eigenvalue weighted by molar-refractivity contribution is 8.03. The molecule has 0 spiro atoms. The van der Waals surface area contributed by atoms with Crippen LogP contribution < -0.4 is 5.32 Å². The summed E-state index contributed by atoms with van der Waals surface area (Å²) in [7, 11) is 0. The van der Waals surface area contributed by atoms with E-state index in [0.717, 1.165) is 43.2 Å². The zero-order valence-corrected chi connectivity index (χ0v) is 27.3. The Balaban J connectivity index is 1.75. The van der Waals surface area contributed by atoms with Crippen molar-refractivity contribution in [2.75, 3.05) is 5.75 Å². The molecule has 2 aromatic rings. The summed E-state index contributed by atoms with van der Waals surface area (Å²) in [4.78, 5) is 38.0. The number of aliphatic hydroxyl groups is 2.